The quantitative estimate of drug-likeness (QED) is 0.666. The number of carbonyl (C=O) groups is 2. The molecule has 0 bridgehead atoms. The SMILES string of the molecule is COC1CCC(C(=O)N2CCCC2=O)CC1. The Morgan fingerprint density at radius 3 is 2.50 bits per heavy atom. The molecule has 1 saturated carbocycles. The maximum absolute atomic E-state index is 12.1. The zero-order valence-corrected chi connectivity index (χ0v) is 9.78. The third kappa shape index (κ3) is 2.26. The lowest BCUT2D eigenvalue weighted by Crippen LogP contribution is -2.39. The van der Waals surface area contributed by atoms with Gasteiger partial charge in [0.15, 0.2) is 0 Å². The summed E-state index contributed by atoms with van der Waals surface area (Å²) < 4.78 is 5.27. The second-order valence-electron chi connectivity index (χ2n) is 4.70. The molecule has 0 aromatic rings. The van der Waals surface area contributed by atoms with E-state index in [1.807, 2.05) is 0 Å². The summed E-state index contributed by atoms with van der Waals surface area (Å²) in [4.78, 5) is 25.0. The van der Waals surface area contributed by atoms with Crippen LogP contribution in [0, 0.1) is 5.92 Å². The van der Waals surface area contributed by atoms with Crippen molar-refractivity contribution in [1.82, 2.24) is 4.90 Å². The first-order valence-corrected chi connectivity index (χ1v) is 6.09. The van der Waals surface area contributed by atoms with Gasteiger partial charge in [-0.05, 0) is 32.1 Å². The minimum atomic E-state index is 0.0128. The number of rotatable bonds is 2. The second kappa shape index (κ2) is 4.95. The normalized spacial score (nSPS) is 30.8. The van der Waals surface area contributed by atoms with Crippen LogP contribution in [0.3, 0.4) is 0 Å². The lowest BCUT2D eigenvalue weighted by Gasteiger charge is -2.28. The lowest BCUT2D eigenvalue weighted by molar-refractivity contribution is -0.145. The highest BCUT2D eigenvalue weighted by atomic mass is 16.5. The maximum atomic E-state index is 12.1. The molecule has 16 heavy (non-hydrogen) atoms. The van der Waals surface area contributed by atoms with Gasteiger partial charge >= 0.3 is 0 Å². The Kier molecular flexibility index (Phi) is 3.59. The molecule has 4 heteroatoms. The highest BCUT2D eigenvalue weighted by Gasteiger charge is 2.34. The van der Waals surface area contributed by atoms with Gasteiger partial charge in [-0.2, -0.15) is 0 Å². The summed E-state index contributed by atoms with van der Waals surface area (Å²) in [5.41, 5.74) is 0. The summed E-state index contributed by atoms with van der Waals surface area (Å²) in [7, 11) is 1.72. The highest BCUT2D eigenvalue weighted by Crippen LogP contribution is 2.28. The molecule has 4 nitrogen and oxygen atoms in total. The molecule has 0 N–H and O–H groups in total. The lowest BCUT2D eigenvalue weighted by atomic mass is 9.86. The van der Waals surface area contributed by atoms with E-state index < -0.39 is 0 Å². The maximum Gasteiger partial charge on any atom is 0.232 e. The van der Waals surface area contributed by atoms with Gasteiger partial charge in [0.05, 0.1) is 6.10 Å². The molecule has 1 aliphatic heterocycles. The third-order valence-corrected chi connectivity index (χ3v) is 3.70. The molecule has 1 saturated heterocycles. The standard InChI is InChI=1S/C12H19NO3/c1-16-10-6-4-9(5-7-10)12(15)13-8-2-3-11(13)14/h9-10H,2-8H2,1H3. The molecule has 2 amide bonds. The van der Waals surface area contributed by atoms with Gasteiger partial charge in [-0.25, -0.2) is 0 Å². The minimum Gasteiger partial charge on any atom is -0.381 e. The van der Waals surface area contributed by atoms with E-state index in [0.717, 1.165) is 32.1 Å². The Morgan fingerprint density at radius 2 is 2.00 bits per heavy atom. The Balaban J connectivity index is 1.89. The van der Waals surface area contributed by atoms with Crippen molar-refractivity contribution >= 4 is 11.8 Å². The average molecular weight is 225 g/mol. The third-order valence-electron chi connectivity index (χ3n) is 3.70. The molecule has 0 spiro atoms. The van der Waals surface area contributed by atoms with Crippen molar-refractivity contribution < 1.29 is 14.3 Å². The summed E-state index contributed by atoms with van der Waals surface area (Å²) >= 11 is 0. The van der Waals surface area contributed by atoms with Crippen LogP contribution < -0.4 is 0 Å². The molecule has 2 fully saturated rings. The molecular weight excluding hydrogens is 206 g/mol. The van der Waals surface area contributed by atoms with Crippen LogP contribution >= 0.6 is 0 Å². The minimum absolute atomic E-state index is 0.0128. The van der Waals surface area contributed by atoms with Gasteiger partial charge in [-0.1, -0.05) is 0 Å². The fourth-order valence-electron chi connectivity index (χ4n) is 2.65. The molecule has 1 aliphatic carbocycles. The largest absolute Gasteiger partial charge is 0.381 e. The fourth-order valence-corrected chi connectivity index (χ4v) is 2.65. The van der Waals surface area contributed by atoms with E-state index in [-0.39, 0.29) is 17.7 Å². The molecule has 0 aromatic carbocycles. The van der Waals surface area contributed by atoms with E-state index in [1.54, 1.807) is 7.11 Å². The van der Waals surface area contributed by atoms with E-state index in [2.05, 4.69) is 0 Å². The number of ether oxygens (including phenoxy) is 1. The zero-order valence-electron chi connectivity index (χ0n) is 9.78. The number of hydrogen-bond acceptors (Lipinski definition) is 3. The fraction of sp³-hybridized carbons (Fsp3) is 0.833. The van der Waals surface area contributed by atoms with E-state index in [9.17, 15) is 9.59 Å². The number of nitrogens with zero attached hydrogens (tertiary/aromatic N) is 1. The van der Waals surface area contributed by atoms with Gasteiger partial charge in [0.1, 0.15) is 0 Å². The Hall–Kier alpha value is -0.900. The number of imide groups is 1. The van der Waals surface area contributed by atoms with Crippen LogP contribution in [0.25, 0.3) is 0 Å². The summed E-state index contributed by atoms with van der Waals surface area (Å²) in [5.74, 6) is 0.115. The number of methoxy groups -OCH3 is 1. The van der Waals surface area contributed by atoms with Crippen molar-refractivity contribution in [3.8, 4) is 0 Å². The second-order valence-corrected chi connectivity index (χ2v) is 4.70. The number of likely N-dealkylation sites (tertiary alicyclic amines) is 1. The van der Waals surface area contributed by atoms with Gasteiger partial charge in [0, 0.05) is 26.0 Å². The van der Waals surface area contributed by atoms with Gasteiger partial charge in [-0.15, -0.1) is 0 Å². The smallest absolute Gasteiger partial charge is 0.232 e. The summed E-state index contributed by atoms with van der Waals surface area (Å²) in [6.45, 7) is 0.627. The van der Waals surface area contributed by atoms with Crippen molar-refractivity contribution in [3.63, 3.8) is 0 Å². The van der Waals surface area contributed by atoms with Crippen LogP contribution in [0.5, 0.6) is 0 Å². The van der Waals surface area contributed by atoms with Crippen molar-refractivity contribution in [3.05, 3.63) is 0 Å². The first kappa shape index (κ1) is 11.6. The summed E-state index contributed by atoms with van der Waals surface area (Å²) in [6, 6.07) is 0. The van der Waals surface area contributed by atoms with Crippen molar-refractivity contribution in [2.75, 3.05) is 13.7 Å². The predicted molar refractivity (Wildman–Crippen MR) is 58.7 cm³/mol. The molecule has 2 rings (SSSR count). The highest BCUT2D eigenvalue weighted by molar-refractivity contribution is 5.97. The van der Waals surface area contributed by atoms with Gasteiger partial charge in [0.2, 0.25) is 11.8 Å². The van der Waals surface area contributed by atoms with E-state index in [0.29, 0.717) is 19.1 Å². The molecule has 90 valence electrons. The van der Waals surface area contributed by atoms with Crippen LogP contribution in [0.15, 0.2) is 0 Å². The van der Waals surface area contributed by atoms with Gasteiger partial charge in [-0.3, -0.25) is 14.5 Å². The van der Waals surface area contributed by atoms with E-state index in [4.69, 9.17) is 4.74 Å². The molecule has 2 aliphatic rings. The molecule has 0 unspecified atom stereocenters. The Morgan fingerprint density at radius 1 is 1.31 bits per heavy atom. The van der Waals surface area contributed by atoms with E-state index >= 15 is 0 Å². The van der Waals surface area contributed by atoms with Crippen molar-refractivity contribution in [2.24, 2.45) is 5.92 Å². The van der Waals surface area contributed by atoms with Crippen LogP contribution in [0.2, 0.25) is 0 Å². The number of amides is 2. The molecular formula is C12H19NO3. The summed E-state index contributed by atoms with van der Waals surface area (Å²) in [6.07, 6.45) is 5.28. The van der Waals surface area contributed by atoms with Crippen LogP contribution in [0.4, 0.5) is 0 Å². The molecule has 0 aromatic heterocycles. The van der Waals surface area contributed by atoms with Crippen LogP contribution in [-0.4, -0.2) is 36.5 Å². The van der Waals surface area contributed by atoms with Crippen molar-refractivity contribution in [1.29, 1.82) is 0 Å². The molecule has 1 heterocycles. The summed E-state index contributed by atoms with van der Waals surface area (Å²) in [5, 5.41) is 0. The Bertz CT molecular complexity index is 282. The van der Waals surface area contributed by atoms with Crippen LogP contribution in [0.1, 0.15) is 38.5 Å². The van der Waals surface area contributed by atoms with E-state index in [1.165, 1.54) is 4.90 Å². The number of hydrogen-bond donors (Lipinski definition) is 0. The topological polar surface area (TPSA) is 46.6 Å². The van der Waals surface area contributed by atoms with Crippen molar-refractivity contribution in [2.45, 2.75) is 44.6 Å². The number of carbonyl (C=O) groups excluding carboxylic acids is 2. The first-order valence-electron chi connectivity index (χ1n) is 6.09. The molecule has 0 atom stereocenters. The zero-order chi connectivity index (χ0) is 11.5. The molecule has 0 radical (unpaired) electrons. The van der Waals surface area contributed by atoms with Crippen LogP contribution in [-0.2, 0) is 14.3 Å². The average Bonchev–Trinajstić information content (AvgIpc) is 2.75. The van der Waals surface area contributed by atoms with Gasteiger partial charge in [0.25, 0.3) is 0 Å². The Labute approximate surface area is 95.9 Å². The predicted octanol–water partition coefficient (Wildman–Crippen LogP) is 1.34. The van der Waals surface area contributed by atoms with Gasteiger partial charge < -0.3 is 4.74 Å². The monoisotopic (exact) mass is 225 g/mol. The first-order chi connectivity index (χ1) is 7.72.